The SMILES string of the molecule is CC(N)Cc1c(Cl)cccc1OCc1ccc(Cl)cc1F. The van der Waals surface area contributed by atoms with Crippen LogP contribution in [0.5, 0.6) is 5.75 Å². The number of nitrogens with two attached hydrogens (primary N) is 1. The highest BCUT2D eigenvalue weighted by Gasteiger charge is 2.11. The van der Waals surface area contributed by atoms with Crippen molar-refractivity contribution in [1.82, 2.24) is 0 Å². The fourth-order valence-electron chi connectivity index (χ4n) is 1.99. The zero-order valence-corrected chi connectivity index (χ0v) is 13.1. The first-order chi connectivity index (χ1) is 9.97. The Balaban J connectivity index is 2.18. The van der Waals surface area contributed by atoms with Crippen molar-refractivity contribution in [3.05, 3.63) is 63.4 Å². The van der Waals surface area contributed by atoms with E-state index in [1.54, 1.807) is 30.3 Å². The molecule has 1 unspecified atom stereocenters. The molecular formula is C16H16Cl2FNO. The molecule has 112 valence electrons. The molecule has 0 saturated carbocycles. The van der Waals surface area contributed by atoms with Crippen LogP contribution in [0.2, 0.25) is 10.0 Å². The van der Waals surface area contributed by atoms with Gasteiger partial charge in [0.15, 0.2) is 0 Å². The predicted molar refractivity (Wildman–Crippen MR) is 84.5 cm³/mol. The summed E-state index contributed by atoms with van der Waals surface area (Å²) in [4.78, 5) is 0. The predicted octanol–water partition coefficient (Wildman–Crippen LogP) is 4.60. The van der Waals surface area contributed by atoms with E-state index in [9.17, 15) is 4.39 Å². The van der Waals surface area contributed by atoms with Crippen molar-refractivity contribution in [2.75, 3.05) is 0 Å². The van der Waals surface area contributed by atoms with Crippen LogP contribution in [0.15, 0.2) is 36.4 Å². The third-order valence-electron chi connectivity index (χ3n) is 3.00. The number of hydrogen-bond acceptors (Lipinski definition) is 2. The lowest BCUT2D eigenvalue weighted by Crippen LogP contribution is -2.18. The number of hydrogen-bond donors (Lipinski definition) is 1. The normalized spacial score (nSPS) is 12.2. The summed E-state index contributed by atoms with van der Waals surface area (Å²) in [5, 5.41) is 0.957. The molecular weight excluding hydrogens is 312 g/mol. The lowest BCUT2D eigenvalue weighted by atomic mass is 10.1. The molecule has 2 aromatic rings. The Morgan fingerprint density at radius 2 is 2.00 bits per heavy atom. The standard InChI is InChI=1S/C16H16Cl2FNO/c1-10(20)7-13-14(18)3-2-4-16(13)21-9-11-5-6-12(17)8-15(11)19/h2-6,8,10H,7,9,20H2,1H3. The quantitative estimate of drug-likeness (QED) is 0.870. The van der Waals surface area contributed by atoms with Gasteiger partial charge in [-0.2, -0.15) is 0 Å². The summed E-state index contributed by atoms with van der Waals surface area (Å²) in [6, 6.07) is 9.84. The summed E-state index contributed by atoms with van der Waals surface area (Å²) in [5.41, 5.74) is 7.09. The molecule has 0 radical (unpaired) electrons. The Bertz CT molecular complexity index is 632. The second kappa shape index (κ2) is 7.12. The summed E-state index contributed by atoms with van der Waals surface area (Å²) < 4.78 is 19.4. The molecule has 0 heterocycles. The molecule has 2 aromatic carbocycles. The van der Waals surface area contributed by atoms with E-state index >= 15 is 0 Å². The summed E-state index contributed by atoms with van der Waals surface area (Å²) in [6.07, 6.45) is 0.595. The van der Waals surface area contributed by atoms with Crippen molar-refractivity contribution in [3.63, 3.8) is 0 Å². The maximum atomic E-state index is 13.7. The summed E-state index contributed by atoms with van der Waals surface area (Å²) in [7, 11) is 0. The van der Waals surface area contributed by atoms with Crippen LogP contribution in [0.25, 0.3) is 0 Å². The molecule has 0 aliphatic rings. The highest BCUT2D eigenvalue weighted by Crippen LogP contribution is 2.28. The Morgan fingerprint density at radius 1 is 1.24 bits per heavy atom. The van der Waals surface area contributed by atoms with Crippen molar-refractivity contribution >= 4 is 23.2 Å². The molecule has 2 nitrogen and oxygen atoms in total. The molecule has 21 heavy (non-hydrogen) atoms. The first-order valence-corrected chi connectivity index (χ1v) is 7.32. The number of rotatable bonds is 5. The van der Waals surface area contributed by atoms with E-state index in [1.807, 2.05) is 6.92 Å². The lowest BCUT2D eigenvalue weighted by molar-refractivity contribution is 0.296. The van der Waals surface area contributed by atoms with Crippen molar-refractivity contribution < 1.29 is 9.13 Å². The van der Waals surface area contributed by atoms with Gasteiger partial charge in [-0.05, 0) is 37.6 Å². The summed E-state index contributed by atoms with van der Waals surface area (Å²) >= 11 is 11.9. The lowest BCUT2D eigenvalue weighted by Gasteiger charge is -2.15. The smallest absolute Gasteiger partial charge is 0.131 e. The Hall–Kier alpha value is -1.29. The minimum atomic E-state index is -0.390. The molecule has 0 bridgehead atoms. The number of benzene rings is 2. The minimum Gasteiger partial charge on any atom is -0.488 e. The Labute approximate surface area is 133 Å². The number of halogens is 3. The zero-order chi connectivity index (χ0) is 15.4. The first-order valence-electron chi connectivity index (χ1n) is 6.57. The van der Waals surface area contributed by atoms with E-state index in [0.29, 0.717) is 27.8 Å². The van der Waals surface area contributed by atoms with Gasteiger partial charge in [-0.3, -0.25) is 0 Å². The van der Waals surface area contributed by atoms with E-state index in [4.69, 9.17) is 33.7 Å². The summed E-state index contributed by atoms with van der Waals surface area (Å²) in [6.45, 7) is 2.00. The van der Waals surface area contributed by atoms with Crippen molar-refractivity contribution in [2.45, 2.75) is 26.0 Å². The Kier molecular flexibility index (Phi) is 5.45. The van der Waals surface area contributed by atoms with Gasteiger partial charge in [0, 0.05) is 27.2 Å². The molecule has 0 spiro atoms. The fourth-order valence-corrected chi connectivity index (χ4v) is 2.39. The largest absolute Gasteiger partial charge is 0.488 e. The van der Waals surface area contributed by atoms with Crippen molar-refractivity contribution in [1.29, 1.82) is 0 Å². The van der Waals surface area contributed by atoms with Gasteiger partial charge in [0.05, 0.1) is 0 Å². The van der Waals surface area contributed by atoms with Gasteiger partial charge in [-0.15, -0.1) is 0 Å². The van der Waals surface area contributed by atoms with Gasteiger partial charge in [-0.25, -0.2) is 4.39 Å². The highest BCUT2D eigenvalue weighted by atomic mass is 35.5. The van der Waals surface area contributed by atoms with Crippen LogP contribution in [0.3, 0.4) is 0 Å². The molecule has 2 N–H and O–H groups in total. The molecule has 5 heteroatoms. The van der Waals surface area contributed by atoms with E-state index in [2.05, 4.69) is 0 Å². The van der Waals surface area contributed by atoms with Gasteiger partial charge in [-0.1, -0.05) is 35.3 Å². The van der Waals surface area contributed by atoms with Crippen molar-refractivity contribution in [2.24, 2.45) is 5.73 Å². The Morgan fingerprint density at radius 3 is 2.67 bits per heavy atom. The number of ether oxygens (including phenoxy) is 1. The average Bonchev–Trinajstić information content (AvgIpc) is 2.40. The monoisotopic (exact) mass is 327 g/mol. The van der Waals surface area contributed by atoms with Crippen LogP contribution in [0.1, 0.15) is 18.1 Å². The van der Waals surface area contributed by atoms with Crippen LogP contribution in [0.4, 0.5) is 4.39 Å². The minimum absolute atomic E-state index is 0.0421. The first kappa shape index (κ1) is 16.1. The second-order valence-corrected chi connectivity index (χ2v) is 5.77. The molecule has 2 rings (SSSR count). The van der Waals surface area contributed by atoms with Crippen LogP contribution in [-0.4, -0.2) is 6.04 Å². The average molecular weight is 328 g/mol. The van der Waals surface area contributed by atoms with E-state index in [-0.39, 0.29) is 12.6 Å². The maximum Gasteiger partial charge on any atom is 0.131 e. The molecule has 0 fully saturated rings. The molecule has 0 aromatic heterocycles. The van der Waals surface area contributed by atoms with Crippen molar-refractivity contribution in [3.8, 4) is 5.75 Å². The van der Waals surface area contributed by atoms with Gasteiger partial charge in [0.25, 0.3) is 0 Å². The maximum absolute atomic E-state index is 13.7. The zero-order valence-electron chi connectivity index (χ0n) is 11.6. The topological polar surface area (TPSA) is 35.2 Å². The highest BCUT2D eigenvalue weighted by molar-refractivity contribution is 6.31. The molecule has 1 atom stereocenters. The van der Waals surface area contributed by atoms with Crippen LogP contribution in [-0.2, 0) is 13.0 Å². The van der Waals surface area contributed by atoms with Gasteiger partial charge in [0.1, 0.15) is 18.2 Å². The van der Waals surface area contributed by atoms with Gasteiger partial charge in [0.2, 0.25) is 0 Å². The van der Waals surface area contributed by atoms with E-state index in [1.165, 1.54) is 6.07 Å². The third-order valence-corrected chi connectivity index (χ3v) is 3.59. The third kappa shape index (κ3) is 4.34. The fraction of sp³-hybridized carbons (Fsp3) is 0.250. The molecule has 0 aliphatic carbocycles. The van der Waals surface area contributed by atoms with Crippen LogP contribution < -0.4 is 10.5 Å². The molecule has 0 amide bonds. The summed E-state index contributed by atoms with van der Waals surface area (Å²) in [5.74, 6) is 0.229. The van der Waals surface area contributed by atoms with Gasteiger partial charge >= 0.3 is 0 Å². The second-order valence-electron chi connectivity index (χ2n) is 4.92. The molecule has 0 aliphatic heterocycles. The molecule has 0 saturated heterocycles. The van der Waals surface area contributed by atoms with E-state index in [0.717, 1.165) is 5.56 Å². The van der Waals surface area contributed by atoms with Gasteiger partial charge < -0.3 is 10.5 Å². The van der Waals surface area contributed by atoms with Crippen LogP contribution >= 0.6 is 23.2 Å². The van der Waals surface area contributed by atoms with E-state index < -0.39 is 5.82 Å². The van der Waals surface area contributed by atoms with Crippen LogP contribution in [0, 0.1) is 5.82 Å².